The van der Waals surface area contributed by atoms with Gasteiger partial charge in [-0.15, -0.1) is 0 Å². The van der Waals surface area contributed by atoms with Gasteiger partial charge in [-0.25, -0.2) is 13.8 Å². The molecular weight excluding hydrogens is 440 g/mol. The van der Waals surface area contributed by atoms with E-state index in [4.69, 9.17) is 16.1 Å². The lowest BCUT2D eigenvalue weighted by Gasteiger charge is -2.29. The molecule has 32 heavy (non-hydrogen) atoms. The van der Waals surface area contributed by atoms with Crippen LogP contribution in [0.2, 0.25) is 5.15 Å². The van der Waals surface area contributed by atoms with E-state index in [1.54, 1.807) is 49.2 Å². The third-order valence-electron chi connectivity index (χ3n) is 5.25. The standard InChI is InChI=1S/C22H18ClF2N5O2/c1-22(13-11-26-30(2)12-13,18-4-3-5-19(23)29-18)10-14-15(24)6-7-16(20(14)25)28-21(31)17-8-9-27-32-17/h3-9,11-12H,10H2,1-2H3,(H,28,31). The van der Waals surface area contributed by atoms with E-state index in [9.17, 15) is 9.18 Å². The van der Waals surface area contributed by atoms with E-state index < -0.39 is 23.0 Å². The number of carbonyl (C=O) groups excluding carboxylic acids is 1. The van der Waals surface area contributed by atoms with Gasteiger partial charge in [-0.05, 0) is 37.6 Å². The summed E-state index contributed by atoms with van der Waals surface area (Å²) >= 11 is 6.10. The van der Waals surface area contributed by atoms with Crippen LogP contribution in [-0.2, 0) is 18.9 Å². The highest BCUT2D eigenvalue weighted by atomic mass is 35.5. The van der Waals surface area contributed by atoms with Gasteiger partial charge in [0.1, 0.15) is 11.0 Å². The first kappa shape index (κ1) is 21.6. The number of halogens is 3. The van der Waals surface area contributed by atoms with Gasteiger partial charge in [0.15, 0.2) is 5.82 Å². The van der Waals surface area contributed by atoms with Gasteiger partial charge in [0, 0.05) is 35.9 Å². The van der Waals surface area contributed by atoms with E-state index in [0.717, 1.165) is 12.1 Å². The predicted octanol–water partition coefficient (Wildman–Crippen LogP) is 4.54. The fraction of sp³-hybridized carbons (Fsp3) is 0.182. The average Bonchev–Trinajstić information content (AvgIpc) is 3.45. The Labute approximate surface area is 187 Å². The maximum Gasteiger partial charge on any atom is 0.294 e. The zero-order valence-electron chi connectivity index (χ0n) is 17.1. The number of carbonyl (C=O) groups is 1. The highest BCUT2D eigenvalue weighted by Gasteiger charge is 2.35. The second kappa shape index (κ2) is 8.51. The molecule has 3 heterocycles. The van der Waals surface area contributed by atoms with Crippen molar-refractivity contribution in [3.8, 4) is 0 Å². The zero-order valence-corrected chi connectivity index (χ0v) is 17.9. The molecule has 0 radical (unpaired) electrons. The number of nitrogens with one attached hydrogen (secondary N) is 1. The van der Waals surface area contributed by atoms with Gasteiger partial charge in [-0.2, -0.15) is 5.10 Å². The van der Waals surface area contributed by atoms with Crippen LogP contribution in [0.4, 0.5) is 14.5 Å². The van der Waals surface area contributed by atoms with Crippen molar-refractivity contribution in [1.29, 1.82) is 0 Å². The van der Waals surface area contributed by atoms with Gasteiger partial charge < -0.3 is 9.84 Å². The summed E-state index contributed by atoms with van der Waals surface area (Å²) in [6.07, 6.45) is 4.57. The first-order valence-electron chi connectivity index (χ1n) is 9.59. The summed E-state index contributed by atoms with van der Waals surface area (Å²) in [4.78, 5) is 16.6. The van der Waals surface area contributed by atoms with Crippen molar-refractivity contribution in [3.63, 3.8) is 0 Å². The fourth-order valence-corrected chi connectivity index (χ4v) is 3.65. The van der Waals surface area contributed by atoms with Crippen LogP contribution in [-0.4, -0.2) is 25.8 Å². The van der Waals surface area contributed by atoms with Crippen LogP contribution < -0.4 is 5.32 Å². The molecule has 3 aromatic heterocycles. The molecule has 0 fully saturated rings. The van der Waals surface area contributed by atoms with E-state index in [1.165, 1.54) is 12.3 Å². The molecule has 1 N–H and O–H groups in total. The second-order valence-electron chi connectivity index (χ2n) is 7.48. The molecule has 0 aliphatic carbocycles. The Bertz CT molecular complexity index is 1280. The number of benzene rings is 1. The molecule has 7 nitrogen and oxygen atoms in total. The van der Waals surface area contributed by atoms with Gasteiger partial charge >= 0.3 is 0 Å². The molecular formula is C22H18ClF2N5O2. The van der Waals surface area contributed by atoms with E-state index >= 15 is 4.39 Å². The molecule has 0 bridgehead atoms. The van der Waals surface area contributed by atoms with Crippen LogP contribution in [0.15, 0.2) is 59.5 Å². The Hall–Kier alpha value is -3.59. The zero-order chi connectivity index (χ0) is 22.9. The Morgan fingerprint density at radius 3 is 2.72 bits per heavy atom. The highest BCUT2D eigenvalue weighted by molar-refractivity contribution is 6.29. The van der Waals surface area contributed by atoms with Gasteiger partial charge in [0.25, 0.3) is 5.91 Å². The number of hydrogen-bond donors (Lipinski definition) is 1. The van der Waals surface area contributed by atoms with E-state index in [1.807, 2.05) is 0 Å². The van der Waals surface area contributed by atoms with Crippen molar-refractivity contribution in [2.45, 2.75) is 18.8 Å². The van der Waals surface area contributed by atoms with Crippen LogP contribution >= 0.6 is 11.6 Å². The van der Waals surface area contributed by atoms with Crippen molar-refractivity contribution in [2.24, 2.45) is 7.05 Å². The van der Waals surface area contributed by atoms with Crippen molar-refractivity contribution in [2.75, 3.05) is 5.32 Å². The van der Waals surface area contributed by atoms with Crippen LogP contribution in [0.25, 0.3) is 0 Å². The Balaban J connectivity index is 1.76. The number of aromatic nitrogens is 4. The first-order chi connectivity index (χ1) is 15.3. The molecule has 4 aromatic rings. The van der Waals surface area contributed by atoms with Crippen LogP contribution in [0.3, 0.4) is 0 Å². The largest absolute Gasteiger partial charge is 0.351 e. The third kappa shape index (κ3) is 4.11. The van der Waals surface area contributed by atoms with Gasteiger partial charge in [0.05, 0.1) is 23.8 Å². The first-order valence-corrected chi connectivity index (χ1v) is 9.97. The van der Waals surface area contributed by atoms with Gasteiger partial charge in [-0.3, -0.25) is 9.48 Å². The minimum absolute atomic E-state index is 0.0985. The quantitative estimate of drug-likeness (QED) is 0.430. The minimum Gasteiger partial charge on any atom is -0.351 e. The SMILES string of the molecule is Cn1cc(C(C)(Cc2c(F)ccc(NC(=O)c3ccno3)c2F)c2cccc(Cl)n2)cn1. The monoisotopic (exact) mass is 457 g/mol. The molecule has 0 aliphatic rings. The second-order valence-corrected chi connectivity index (χ2v) is 7.86. The summed E-state index contributed by atoms with van der Waals surface area (Å²) in [5.41, 5.74) is -0.143. The molecule has 1 aromatic carbocycles. The highest BCUT2D eigenvalue weighted by Crippen LogP contribution is 2.37. The Morgan fingerprint density at radius 1 is 1.25 bits per heavy atom. The maximum absolute atomic E-state index is 15.4. The molecule has 0 saturated carbocycles. The van der Waals surface area contributed by atoms with Gasteiger partial charge in [0.2, 0.25) is 5.76 Å². The van der Waals surface area contributed by atoms with Crippen LogP contribution in [0, 0.1) is 11.6 Å². The number of aryl methyl sites for hydroxylation is 1. The summed E-state index contributed by atoms with van der Waals surface area (Å²) in [6.45, 7) is 1.81. The number of amides is 1. The molecule has 164 valence electrons. The summed E-state index contributed by atoms with van der Waals surface area (Å²) in [7, 11) is 1.75. The number of nitrogens with zero attached hydrogens (tertiary/aromatic N) is 4. The topological polar surface area (TPSA) is 85.8 Å². The Morgan fingerprint density at radius 2 is 2.06 bits per heavy atom. The molecule has 10 heteroatoms. The van der Waals surface area contributed by atoms with Crippen molar-refractivity contribution >= 4 is 23.2 Å². The third-order valence-corrected chi connectivity index (χ3v) is 5.46. The molecule has 0 spiro atoms. The number of rotatable bonds is 6. The van der Waals surface area contributed by atoms with Crippen molar-refractivity contribution in [1.82, 2.24) is 19.9 Å². The molecule has 1 amide bonds. The lowest BCUT2D eigenvalue weighted by Crippen LogP contribution is -2.29. The molecule has 0 aliphatic heterocycles. The summed E-state index contributed by atoms with van der Waals surface area (Å²) in [5, 5.41) is 10.3. The average molecular weight is 458 g/mol. The molecule has 1 atom stereocenters. The normalized spacial score (nSPS) is 13.0. The lowest BCUT2D eigenvalue weighted by molar-refractivity contribution is 0.0987. The Kier molecular flexibility index (Phi) is 5.75. The summed E-state index contributed by atoms with van der Waals surface area (Å²) in [6, 6.07) is 8.67. The van der Waals surface area contributed by atoms with Crippen molar-refractivity contribution < 1.29 is 18.1 Å². The van der Waals surface area contributed by atoms with Gasteiger partial charge in [-0.1, -0.05) is 22.8 Å². The fourth-order valence-electron chi connectivity index (χ4n) is 3.49. The van der Waals surface area contributed by atoms with E-state index in [2.05, 4.69) is 20.6 Å². The van der Waals surface area contributed by atoms with Crippen molar-refractivity contribution in [3.05, 3.63) is 94.4 Å². The molecule has 0 saturated heterocycles. The maximum atomic E-state index is 15.4. The number of anilines is 1. The predicted molar refractivity (Wildman–Crippen MR) is 113 cm³/mol. The van der Waals surface area contributed by atoms with Crippen LogP contribution in [0.1, 0.15) is 34.3 Å². The summed E-state index contributed by atoms with van der Waals surface area (Å²) < 4.78 is 36.6. The number of pyridine rings is 1. The molecule has 1 unspecified atom stereocenters. The lowest BCUT2D eigenvalue weighted by atomic mass is 9.75. The smallest absolute Gasteiger partial charge is 0.294 e. The van der Waals surface area contributed by atoms with E-state index in [-0.39, 0.29) is 28.6 Å². The van der Waals surface area contributed by atoms with E-state index in [0.29, 0.717) is 11.3 Å². The molecule has 4 rings (SSSR count). The number of hydrogen-bond acceptors (Lipinski definition) is 5. The minimum atomic E-state index is -0.964. The van der Waals surface area contributed by atoms with Crippen LogP contribution in [0.5, 0.6) is 0 Å². The summed E-state index contributed by atoms with van der Waals surface area (Å²) in [5.74, 6) is -2.45.